The fraction of sp³-hybridized carbons (Fsp3) is 0.364. The minimum absolute atomic E-state index is 0.262. The Kier molecular flexibility index (Phi) is 4.92. The van der Waals surface area contributed by atoms with E-state index in [1.165, 1.54) is 0 Å². The van der Waals surface area contributed by atoms with E-state index in [9.17, 15) is 4.79 Å². The van der Waals surface area contributed by atoms with Crippen molar-refractivity contribution < 1.29 is 4.79 Å². The van der Waals surface area contributed by atoms with Crippen molar-refractivity contribution in [2.24, 2.45) is 5.73 Å². The van der Waals surface area contributed by atoms with Crippen LogP contribution < -0.4 is 16.8 Å². The van der Waals surface area contributed by atoms with Crippen LogP contribution in [0.1, 0.15) is 19.3 Å². The second-order valence-corrected chi connectivity index (χ2v) is 4.02. The summed E-state index contributed by atoms with van der Waals surface area (Å²) in [7, 11) is 0. The molecule has 0 spiro atoms. The van der Waals surface area contributed by atoms with Crippen LogP contribution in [0.4, 0.5) is 11.4 Å². The standard InChI is InChI=1S/C11H16ClN3O/c12-8-4-5-9(13)10(7-8)15-6-2-1-3-11(14)16/h4-5,7,15H,1-3,6,13H2,(H2,14,16). The van der Waals surface area contributed by atoms with Crippen LogP contribution >= 0.6 is 11.6 Å². The number of nitrogens with two attached hydrogens (primary N) is 2. The normalized spacial score (nSPS) is 10.1. The zero-order valence-electron chi connectivity index (χ0n) is 9.00. The van der Waals surface area contributed by atoms with Gasteiger partial charge in [0.25, 0.3) is 0 Å². The van der Waals surface area contributed by atoms with Gasteiger partial charge in [0.15, 0.2) is 0 Å². The summed E-state index contributed by atoms with van der Waals surface area (Å²) in [6, 6.07) is 5.29. The van der Waals surface area contributed by atoms with Crippen LogP contribution in [0.2, 0.25) is 5.02 Å². The summed E-state index contributed by atoms with van der Waals surface area (Å²) in [4.78, 5) is 10.5. The van der Waals surface area contributed by atoms with E-state index in [2.05, 4.69) is 5.32 Å². The topological polar surface area (TPSA) is 81.1 Å². The number of hydrogen-bond donors (Lipinski definition) is 3. The highest BCUT2D eigenvalue weighted by Crippen LogP contribution is 2.22. The molecule has 0 unspecified atom stereocenters. The minimum atomic E-state index is -0.262. The molecule has 0 bridgehead atoms. The Morgan fingerprint density at radius 3 is 2.81 bits per heavy atom. The average Bonchev–Trinajstić information content (AvgIpc) is 2.22. The van der Waals surface area contributed by atoms with Crippen LogP contribution in [0.3, 0.4) is 0 Å². The maximum Gasteiger partial charge on any atom is 0.217 e. The summed E-state index contributed by atoms with van der Waals surface area (Å²) < 4.78 is 0. The number of carbonyl (C=O) groups is 1. The van der Waals surface area contributed by atoms with E-state index in [1.807, 2.05) is 0 Å². The lowest BCUT2D eigenvalue weighted by Crippen LogP contribution is -2.11. The number of nitrogens with one attached hydrogen (secondary N) is 1. The smallest absolute Gasteiger partial charge is 0.217 e. The summed E-state index contributed by atoms with van der Waals surface area (Å²) >= 11 is 5.84. The molecule has 5 heteroatoms. The van der Waals surface area contributed by atoms with E-state index < -0.39 is 0 Å². The van der Waals surface area contributed by atoms with Gasteiger partial charge in [-0.05, 0) is 31.0 Å². The number of anilines is 2. The van der Waals surface area contributed by atoms with E-state index in [0.717, 1.165) is 25.1 Å². The van der Waals surface area contributed by atoms with E-state index in [-0.39, 0.29) is 5.91 Å². The Balaban J connectivity index is 2.31. The second-order valence-electron chi connectivity index (χ2n) is 3.58. The third kappa shape index (κ3) is 4.40. The molecule has 0 aliphatic carbocycles. The Morgan fingerprint density at radius 1 is 1.38 bits per heavy atom. The molecule has 0 heterocycles. The Hall–Kier alpha value is -1.42. The number of nitrogen functional groups attached to an aromatic ring is 1. The van der Waals surface area contributed by atoms with Gasteiger partial charge in [0.05, 0.1) is 11.4 Å². The summed E-state index contributed by atoms with van der Waals surface area (Å²) in [5.74, 6) is -0.262. The van der Waals surface area contributed by atoms with Crippen molar-refractivity contribution in [3.05, 3.63) is 23.2 Å². The van der Waals surface area contributed by atoms with Gasteiger partial charge in [-0.2, -0.15) is 0 Å². The van der Waals surface area contributed by atoms with E-state index in [1.54, 1.807) is 18.2 Å². The van der Waals surface area contributed by atoms with Crippen LogP contribution in [0.25, 0.3) is 0 Å². The lowest BCUT2D eigenvalue weighted by molar-refractivity contribution is -0.118. The van der Waals surface area contributed by atoms with Crippen molar-refractivity contribution in [1.29, 1.82) is 0 Å². The molecule has 0 saturated heterocycles. The van der Waals surface area contributed by atoms with Crippen molar-refractivity contribution in [3.63, 3.8) is 0 Å². The maximum atomic E-state index is 10.5. The van der Waals surface area contributed by atoms with E-state index >= 15 is 0 Å². The van der Waals surface area contributed by atoms with Crippen molar-refractivity contribution >= 4 is 28.9 Å². The van der Waals surface area contributed by atoms with Crippen molar-refractivity contribution in [2.45, 2.75) is 19.3 Å². The van der Waals surface area contributed by atoms with Gasteiger partial charge in [-0.15, -0.1) is 0 Å². The van der Waals surface area contributed by atoms with Crippen molar-refractivity contribution in [2.75, 3.05) is 17.6 Å². The number of halogens is 1. The molecule has 5 N–H and O–H groups in total. The Morgan fingerprint density at radius 2 is 2.12 bits per heavy atom. The van der Waals surface area contributed by atoms with E-state index in [4.69, 9.17) is 23.1 Å². The number of primary amides is 1. The number of unbranched alkanes of at least 4 members (excludes halogenated alkanes) is 1. The lowest BCUT2D eigenvalue weighted by atomic mass is 10.2. The number of amides is 1. The molecule has 1 amide bonds. The molecule has 4 nitrogen and oxygen atoms in total. The first kappa shape index (κ1) is 12.6. The first-order chi connectivity index (χ1) is 7.59. The maximum absolute atomic E-state index is 10.5. The highest BCUT2D eigenvalue weighted by atomic mass is 35.5. The van der Waals surface area contributed by atoms with Gasteiger partial charge in [-0.3, -0.25) is 4.79 Å². The van der Waals surface area contributed by atoms with Gasteiger partial charge >= 0.3 is 0 Å². The molecule has 0 fully saturated rings. The number of benzene rings is 1. The molecule has 0 radical (unpaired) electrons. The monoisotopic (exact) mass is 241 g/mol. The second kappa shape index (κ2) is 6.23. The summed E-state index contributed by atoms with van der Waals surface area (Å²) in [6.07, 6.45) is 2.07. The lowest BCUT2D eigenvalue weighted by Gasteiger charge is -2.09. The number of rotatable bonds is 6. The van der Waals surface area contributed by atoms with Crippen LogP contribution in [-0.4, -0.2) is 12.5 Å². The first-order valence-electron chi connectivity index (χ1n) is 5.17. The fourth-order valence-corrected chi connectivity index (χ4v) is 1.50. The quantitative estimate of drug-likeness (QED) is 0.526. The highest BCUT2D eigenvalue weighted by molar-refractivity contribution is 6.31. The molecule has 0 aliphatic rings. The van der Waals surface area contributed by atoms with Crippen LogP contribution in [-0.2, 0) is 4.79 Å². The van der Waals surface area contributed by atoms with Gasteiger partial charge in [0.2, 0.25) is 5.91 Å². The molecule has 0 aliphatic heterocycles. The van der Waals surface area contributed by atoms with E-state index in [0.29, 0.717) is 17.1 Å². The molecular formula is C11H16ClN3O. The van der Waals surface area contributed by atoms with Crippen molar-refractivity contribution in [3.8, 4) is 0 Å². The van der Waals surface area contributed by atoms with Gasteiger partial charge in [-0.1, -0.05) is 11.6 Å². The molecular weight excluding hydrogens is 226 g/mol. The van der Waals surface area contributed by atoms with Crippen LogP contribution in [0.5, 0.6) is 0 Å². The van der Waals surface area contributed by atoms with Crippen LogP contribution in [0.15, 0.2) is 18.2 Å². The fourth-order valence-electron chi connectivity index (χ4n) is 1.33. The molecule has 0 atom stereocenters. The summed E-state index contributed by atoms with van der Waals surface area (Å²) in [6.45, 7) is 0.748. The Labute approximate surface area is 100.0 Å². The molecule has 88 valence electrons. The predicted molar refractivity (Wildman–Crippen MR) is 67.4 cm³/mol. The molecule has 1 aromatic rings. The molecule has 1 aromatic carbocycles. The molecule has 0 saturated carbocycles. The van der Waals surface area contributed by atoms with Gasteiger partial charge in [0, 0.05) is 18.0 Å². The van der Waals surface area contributed by atoms with Crippen molar-refractivity contribution in [1.82, 2.24) is 0 Å². The molecule has 16 heavy (non-hydrogen) atoms. The summed E-state index contributed by atoms with van der Waals surface area (Å²) in [5.41, 5.74) is 12.3. The third-order valence-electron chi connectivity index (χ3n) is 2.18. The van der Waals surface area contributed by atoms with Gasteiger partial charge in [0.1, 0.15) is 0 Å². The predicted octanol–water partition coefficient (Wildman–Crippen LogP) is 1.99. The third-order valence-corrected chi connectivity index (χ3v) is 2.42. The average molecular weight is 242 g/mol. The zero-order valence-corrected chi connectivity index (χ0v) is 9.76. The van der Waals surface area contributed by atoms with Crippen LogP contribution in [0, 0.1) is 0 Å². The SMILES string of the molecule is NC(=O)CCCCNc1cc(Cl)ccc1N. The van der Waals surface area contributed by atoms with Gasteiger partial charge in [-0.25, -0.2) is 0 Å². The van der Waals surface area contributed by atoms with Gasteiger partial charge < -0.3 is 16.8 Å². The molecule has 1 rings (SSSR count). The first-order valence-corrected chi connectivity index (χ1v) is 5.54. The Bertz CT molecular complexity index is 368. The number of carbonyl (C=O) groups excluding carboxylic acids is 1. The highest BCUT2D eigenvalue weighted by Gasteiger charge is 1.99. The number of hydrogen-bond acceptors (Lipinski definition) is 3. The zero-order chi connectivity index (χ0) is 12.0. The minimum Gasteiger partial charge on any atom is -0.397 e. The molecule has 0 aromatic heterocycles. The largest absolute Gasteiger partial charge is 0.397 e. The summed E-state index contributed by atoms with van der Waals surface area (Å²) in [5, 5.41) is 3.81.